The third-order valence-electron chi connectivity index (χ3n) is 6.15. The lowest BCUT2D eigenvalue weighted by Crippen LogP contribution is -2.34. The van der Waals surface area contributed by atoms with Crippen molar-refractivity contribution in [3.63, 3.8) is 0 Å². The Labute approximate surface area is 188 Å². The largest absolute Gasteiger partial charge is 0.477 e. The van der Waals surface area contributed by atoms with Crippen LogP contribution in [-0.2, 0) is 0 Å². The van der Waals surface area contributed by atoms with Crippen molar-refractivity contribution < 1.29 is 19.1 Å². The zero-order valence-corrected chi connectivity index (χ0v) is 17.8. The maximum absolute atomic E-state index is 14.8. The molecule has 2 aliphatic heterocycles. The Bertz CT molecular complexity index is 1220. The average Bonchev–Trinajstić information content (AvgIpc) is 3.38. The lowest BCUT2D eigenvalue weighted by molar-refractivity contribution is 0.0689. The number of hydrogen-bond acceptors (Lipinski definition) is 7. The molecule has 2 fully saturated rings. The van der Waals surface area contributed by atoms with Crippen molar-refractivity contribution in [1.29, 1.82) is 0 Å². The molecule has 2 unspecified atom stereocenters. The van der Waals surface area contributed by atoms with E-state index < -0.39 is 11.8 Å². The number of aromatic carboxylic acids is 1. The number of aryl methyl sites for hydroxylation is 1. The number of carbonyl (C=O) groups excluding carboxylic acids is 1. The predicted octanol–water partition coefficient (Wildman–Crippen LogP) is 2.29. The molecule has 0 saturated carbocycles. The van der Waals surface area contributed by atoms with E-state index in [4.69, 9.17) is 0 Å². The zero-order valence-electron chi connectivity index (χ0n) is 17.8. The summed E-state index contributed by atoms with van der Waals surface area (Å²) < 4.78 is 14.8. The van der Waals surface area contributed by atoms with Gasteiger partial charge in [-0.15, -0.1) is 0 Å². The molecule has 0 aliphatic carbocycles. The summed E-state index contributed by atoms with van der Waals surface area (Å²) in [5.41, 5.74) is 0.894. The Morgan fingerprint density at radius 3 is 2.39 bits per heavy atom. The van der Waals surface area contributed by atoms with Gasteiger partial charge in [-0.2, -0.15) is 0 Å². The van der Waals surface area contributed by atoms with Crippen LogP contribution in [0.5, 0.6) is 0 Å². The molecule has 1 N–H and O–H groups in total. The van der Waals surface area contributed by atoms with Crippen LogP contribution in [0.25, 0.3) is 11.4 Å². The molecule has 0 radical (unpaired) electrons. The summed E-state index contributed by atoms with van der Waals surface area (Å²) in [5, 5.41) is 9.28. The van der Waals surface area contributed by atoms with Crippen LogP contribution in [0.1, 0.15) is 26.5 Å². The fourth-order valence-corrected chi connectivity index (χ4v) is 4.65. The van der Waals surface area contributed by atoms with E-state index in [1.54, 1.807) is 42.4 Å². The van der Waals surface area contributed by atoms with E-state index in [0.717, 1.165) is 0 Å². The first kappa shape index (κ1) is 20.9. The van der Waals surface area contributed by atoms with Gasteiger partial charge in [-0.1, -0.05) is 12.1 Å². The van der Waals surface area contributed by atoms with Crippen LogP contribution in [0.15, 0.2) is 42.7 Å². The van der Waals surface area contributed by atoms with Crippen molar-refractivity contribution in [2.75, 3.05) is 31.1 Å². The molecule has 33 heavy (non-hydrogen) atoms. The first-order valence-corrected chi connectivity index (χ1v) is 10.6. The maximum Gasteiger partial charge on any atom is 0.354 e. The maximum atomic E-state index is 14.8. The second kappa shape index (κ2) is 8.19. The monoisotopic (exact) mass is 448 g/mol. The third-order valence-corrected chi connectivity index (χ3v) is 6.15. The van der Waals surface area contributed by atoms with E-state index in [1.165, 1.54) is 12.1 Å². The van der Waals surface area contributed by atoms with E-state index in [9.17, 15) is 19.1 Å². The number of likely N-dealkylation sites (tertiary alicyclic amines) is 1. The summed E-state index contributed by atoms with van der Waals surface area (Å²) >= 11 is 0. The summed E-state index contributed by atoms with van der Waals surface area (Å²) in [7, 11) is 0. The molecule has 168 valence electrons. The molecule has 1 amide bonds. The SMILES string of the molecule is Cc1cc(C(=O)O)nc(N2CC3CN(C(=O)c4c(F)cccc4-c4ncccn4)CC3C2)n1. The Balaban J connectivity index is 1.35. The molecule has 5 rings (SSSR count). The topological polar surface area (TPSA) is 112 Å². The van der Waals surface area contributed by atoms with E-state index in [2.05, 4.69) is 19.9 Å². The van der Waals surface area contributed by atoms with Crippen molar-refractivity contribution in [2.45, 2.75) is 6.92 Å². The highest BCUT2D eigenvalue weighted by Crippen LogP contribution is 2.35. The van der Waals surface area contributed by atoms with E-state index >= 15 is 0 Å². The first-order valence-electron chi connectivity index (χ1n) is 10.6. The van der Waals surface area contributed by atoms with E-state index in [1.807, 2.05) is 4.90 Å². The molecular formula is C23H21FN6O3. The molecule has 10 heteroatoms. The van der Waals surface area contributed by atoms with Crippen LogP contribution in [0.3, 0.4) is 0 Å². The van der Waals surface area contributed by atoms with Crippen LogP contribution in [0.2, 0.25) is 0 Å². The minimum absolute atomic E-state index is 0.0198. The molecule has 9 nitrogen and oxygen atoms in total. The molecule has 2 saturated heterocycles. The van der Waals surface area contributed by atoms with Gasteiger partial charge in [0.1, 0.15) is 5.82 Å². The summed E-state index contributed by atoms with van der Waals surface area (Å²) in [6, 6.07) is 7.56. The number of rotatable bonds is 4. The number of carbonyl (C=O) groups is 2. The fraction of sp³-hybridized carbons (Fsp3) is 0.304. The standard InChI is InChI=1S/C23H21FN6O3/c1-13-8-18(22(32)33)28-23(27-13)30-11-14-9-29(10-15(14)12-30)21(31)19-16(4-2-5-17(19)24)20-25-6-3-7-26-20/h2-8,14-15H,9-12H2,1H3,(H,32,33). The van der Waals surface area contributed by atoms with E-state index in [0.29, 0.717) is 49.2 Å². The second-order valence-corrected chi connectivity index (χ2v) is 8.37. The molecule has 4 heterocycles. The highest BCUT2D eigenvalue weighted by Gasteiger charge is 2.43. The van der Waals surface area contributed by atoms with Crippen LogP contribution in [0, 0.1) is 24.6 Å². The number of nitrogens with zero attached hydrogens (tertiary/aromatic N) is 6. The van der Waals surface area contributed by atoms with Crippen LogP contribution in [0.4, 0.5) is 10.3 Å². The van der Waals surface area contributed by atoms with Crippen LogP contribution < -0.4 is 4.90 Å². The van der Waals surface area contributed by atoms with Crippen molar-refractivity contribution in [3.05, 3.63) is 65.5 Å². The highest BCUT2D eigenvalue weighted by atomic mass is 19.1. The normalized spacial score (nSPS) is 19.6. The molecule has 1 aromatic carbocycles. The Kier molecular flexibility index (Phi) is 5.20. The predicted molar refractivity (Wildman–Crippen MR) is 116 cm³/mol. The fourth-order valence-electron chi connectivity index (χ4n) is 4.65. The minimum Gasteiger partial charge on any atom is -0.477 e. The Morgan fingerprint density at radius 2 is 1.73 bits per heavy atom. The number of carboxylic acids is 1. The first-order chi connectivity index (χ1) is 15.9. The van der Waals surface area contributed by atoms with Crippen LogP contribution in [-0.4, -0.2) is 68.0 Å². The molecule has 3 aromatic rings. The number of aromatic nitrogens is 4. The second-order valence-electron chi connectivity index (χ2n) is 8.37. The van der Waals surface area contributed by atoms with Gasteiger partial charge in [0.05, 0.1) is 5.56 Å². The smallest absolute Gasteiger partial charge is 0.354 e. The average molecular weight is 448 g/mol. The van der Waals surface area contributed by atoms with Gasteiger partial charge in [-0.25, -0.2) is 29.1 Å². The van der Waals surface area contributed by atoms with Gasteiger partial charge >= 0.3 is 5.97 Å². The summed E-state index contributed by atoms with van der Waals surface area (Å²) in [5.74, 6) is -1.06. The molecule has 2 atom stereocenters. The van der Waals surface area contributed by atoms with E-state index in [-0.39, 0.29) is 29.0 Å². The van der Waals surface area contributed by atoms with Gasteiger partial charge in [0.15, 0.2) is 11.5 Å². The van der Waals surface area contributed by atoms with Crippen molar-refractivity contribution in [1.82, 2.24) is 24.8 Å². The van der Waals surface area contributed by atoms with Gasteiger partial charge in [0.25, 0.3) is 5.91 Å². The number of carboxylic acid groups (broad SMARTS) is 1. The minimum atomic E-state index is -1.10. The van der Waals surface area contributed by atoms with Crippen molar-refractivity contribution in [3.8, 4) is 11.4 Å². The number of fused-ring (bicyclic) bond motifs is 1. The zero-order chi connectivity index (χ0) is 23.1. The van der Waals surface area contributed by atoms with Gasteiger partial charge in [0.2, 0.25) is 5.95 Å². The third kappa shape index (κ3) is 3.88. The molecule has 0 spiro atoms. The molecule has 2 aliphatic rings. The molecule has 0 bridgehead atoms. The van der Waals surface area contributed by atoms with Gasteiger partial charge in [-0.05, 0) is 25.1 Å². The number of anilines is 1. The summed E-state index contributed by atoms with van der Waals surface area (Å²) in [6.45, 7) is 3.88. The quantitative estimate of drug-likeness (QED) is 0.647. The van der Waals surface area contributed by atoms with Gasteiger partial charge in [0, 0.05) is 61.7 Å². The van der Waals surface area contributed by atoms with Crippen molar-refractivity contribution >= 4 is 17.8 Å². The van der Waals surface area contributed by atoms with Gasteiger partial charge in [-0.3, -0.25) is 4.79 Å². The number of halogens is 1. The number of hydrogen-bond donors (Lipinski definition) is 1. The number of amides is 1. The summed E-state index contributed by atoms with van der Waals surface area (Å²) in [4.78, 5) is 45.2. The molecular weight excluding hydrogens is 427 g/mol. The number of benzene rings is 1. The molecule has 2 aromatic heterocycles. The van der Waals surface area contributed by atoms with Crippen LogP contribution >= 0.6 is 0 Å². The Hall–Kier alpha value is -3.95. The highest BCUT2D eigenvalue weighted by molar-refractivity contribution is 6.00. The summed E-state index contributed by atoms with van der Waals surface area (Å²) in [6.07, 6.45) is 3.11. The lowest BCUT2D eigenvalue weighted by atomic mass is 10.0. The van der Waals surface area contributed by atoms with Crippen molar-refractivity contribution in [2.24, 2.45) is 11.8 Å². The lowest BCUT2D eigenvalue weighted by Gasteiger charge is -2.23. The Morgan fingerprint density at radius 1 is 1.03 bits per heavy atom. The van der Waals surface area contributed by atoms with Gasteiger partial charge < -0.3 is 14.9 Å².